The molecule has 1 aliphatic rings. The first kappa shape index (κ1) is 12.5. The number of hydrogen-bond acceptors (Lipinski definition) is 4. The molecule has 0 saturated heterocycles. The van der Waals surface area contributed by atoms with Gasteiger partial charge < -0.3 is 9.47 Å². The van der Waals surface area contributed by atoms with Gasteiger partial charge in [-0.15, -0.1) is 0 Å². The molecule has 2 rings (SSSR count). The van der Waals surface area contributed by atoms with Gasteiger partial charge >= 0.3 is 0 Å². The van der Waals surface area contributed by atoms with Crippen molar-refractivity contribution in [2.75, 3.05) is 19.0 Å². The van der Waals surface area contributed by atoms with E-state index >= 15 is 0 Å². The zero-order chi connectivity index (χ0) is 12.3. The van der Waals surface area contributed by atoms with Crippen LogP contribution in [0.2, 0.25) is 0 Å². The minimum absolute atomic E-state index is 0.0109. The van der Waals surface area contributed by atoms with Crippen molar-refractivity contribution in [2.45, 2.75) is 12.8 Å². The van der Waals surface area contributed by atoms with Gasteiger partial charge in [-0.3, -0.25) is 0 Å². The van der Waals surface area contributed by atoms with Crippen LogP contribution in [0.25, 0.3) is 0 Å². The topological polar surface area (TPSA) is 52.6 Å². The summed E-state index contributed by atoms with van der Waals surface area (Å²) in [6.07, 6.45) is 1.16. The van der Waals surface area contributed by atoms with Gasteiger partial charge in [-0.2, -0.15) is 0 Å². The summed E-state index contributed by atoms with van der Waals surface area (Å²) in [4.78, 5) is 0. The van der Waals surface area contributed by atoms with Crippen LogP contribution in [-0.4, -0.2) is 27.4 Å². The lowest BCUT2D eigenvalue weighted by Crippen LogP contribution is -2.15. The zero-order valence-electron chi connectivity index (χ0n) is 9.19. The Morgan fingerprint density at radius 2 is 1.88 bits per heavy atom. The predicted octanol–water partition coefficient (Wildman–Crippen LogP) is 1.96. The maximum absolute atomic E-state index is 10.8. The number of rotatable bonds is 4. The van der Waals surface area contributed by atoms with E-state index in [2.05, 4.69) is 0 Å². The van der Waals surface area contributed by atoms with Gasteiger partial charge in [-0.1, -0.05) is 6.07 Å². The van der Waals surface area contributed by atoms with Crippen molar-refractivity contribution >= 4 is 19.7 Å². The fourth-order valence-electron chi connectivity index (χ4n) is 1.69. The Morgan fingerprint density at radius 1 is 1.18 bits per heavy atom. The second kappa shape index (κ2) is 5.14. The average Bonchev–Trinajstić information content (AvgIpc) is 2.27. The third-order valence-corrected chi connectivity index (χ3v) is 3.70. The van der Waals surface area contributed by atoms with E-state index < -0.39 is 9.05 Å². The van der Waals surface area contributed by atoms with Crippen molar-refractivity contribution in [3.05, 3.63) is 23.8 Å². The molecule has 0 N–H and O–H groups in total. The number of hydrogen-bond donors (Lipinski definition) is 0. The molecule has 6 heteroatoms. The second-order valence-electron chi connectivity index (χ2n) is 3.82. The minimum atomic E-state index is -3.40. The van der Waals surface area contributed by atoms with Gasteiger partial charge in [0.2, 0.25) is 9.05 Å². The maximum Gasteiger partial charge on any atom is 0.232 e. The molecule has 4 nitrogen and oxygen atoms in total. The Morgan fingerprint density at radius 3 is 2.59 bits per heavy atom. The second-order valence-corrected chi connectivity index (χ2v) is 6.72. The van der Waals surface area contributed by atoms with Crippen molar-refractivity contribution in [3.8, 4) is 11.5 Å². The lowest BCUT2D eigenvalue weighted by molar-refractivity contribution is 0.171. The van der Waals surface area contributed by atoms with Crippen LogP contribution in [-0.2, 0) is 15.5 Å². The van der Waals surface area contributed by atoms with E-state index in [0.29, 0.717) is 26.1 Å². The molecule has 0 bridgehead atoms. The maximum atomic E-state index is 10.8. The normalized spacial score (nSPS) is 14.6. The van der Waals surface area contributed by atoms with Crippen molar-refractivity contribution in [2.24, 2.45) is 0 Å². The molecule has 0 aromatic heterocycles. The molecular weight excluding hydrogens is 264 g/mol. The zero-order valence-corrected chi connectivity index (χ0v) is 10.8. The summed E-state index contributed by atoms with van der Waals surface area (Å²) in [5.74, 6) is 1.45. The average molecular weight is 277 g/mol. The van der Waals surface area contributed by atoms with E-state index in [0.717, 1.165) is 17.1 Å². The quantitative estimate of drug-likeness (QED) is 0.789. The van der Waals surface area contributed by atoms with Crippen LogP contribution in [0, 0.1) is 0 Å². The van der Waals surface area contributed by atoms with Crippen LogP contribution in [0.5, 0.6) is 11.5 Å². The van der Waals surface area contributed by atoms with Crippen LogP contribution >= 0.6 is 10.7 Å². The van der Waals surface area contributed by atoms with Crippen molar-refractivity contribution in [1.82, 2.24) is 0 Å². The lowest BCUT2D eigenvalue weighted by Gasteiger charge is -2.18. The Hall–Kier alpha value is -0.940. The number of aryl methyl sites for hydroxylation is 1. The predicted molar refractivity (Wildman–Crippen MR) is 65.4 cm³/mol. The summed E-state index contributed by atoms with van der Waals surface area (Å²) in [6.45, 7) is 1.11. The summed E-state index contributed by atoms with van der Waals surface area (Å²) in [5.41, 5.74) is 1.02. The third-order valence-electron chi connectivity index (χ3n) is 2.46. The van der Waals surface area contributed by atoms with Crippen LogP contribution in [0.3, 0.4) is 0 Å². The van der Waals surface area contributed by atoms with Gasteiger partial charge in [0, 0.05) is 10.7 Å². The first-order chi connectivity index (χ1) is 8.04. The number of halogens is 1. The van der Waals surface area contributed by atoms with Crippen molar-refractivity contribution in [1.29, 1.82) is 0 Å². The number of benzene rings is 1. The highest BCUT2D eigenvalue weighted by Crippen LogP contribution is 2.31. The minimum Gasteiger partial charge on any atom is -0.486 e. The summed E-state index contributed by atoms with van der Waals surface area (Å²) in [7, 11) is 1.75. The van der Waals surface area contributed by atoms with Crippen LogP contribution in [0.15, 0.2) is 18.2 Å². The van der Waals surface area contributed by atoms with Gasteiger partial charge in [-0.05, 0) is 30.5 Å². The summed E-state index contributed by atoms with van der Waals surface area (Å²) in [5, 5.41) is 0. The monoisotopic (exact) mass is 276 g/mol. The highest BCUT2D eigenvalue weighted by molar-refractivity contribution is 8.13. The molecule has 0 amide bonds. The molecule has 17 heavy (non-hydrogen) atoms. The first-order valence-corrected chi connectivity index (χ1v) is 7.83. The highest BCUT2D eigenvalue weighted by atomic mass is 35.7. The number of fused-ring (bicyclic) bond motifs is 1. The van der Waals surface area contributed by atoms with Crippen LogP contribution < -0.4 is 9.47 Å². The molecule has 1 heterocycles. The van der Waals surface area contributed by atoms with E-state index in [1.54, 1.807) is 0 Å². The lowest BCUT2D eigenvalue weighted by atomic mass is 10.1. The Labute approximate surface area is 105 Å². The molecule has 0 fully saturated rings. The summed E-state index contributed by atoms with van der Waals surface area (Å²) in [6, 6.07) is 5.64. The number of ether oxygens (including phenoxy) is 2. The molecule has 1 aromatic rings. The van der Waals surface area contributed by atoms with E-state index in [1.807, 2.05) is 18.2 Å². The van der Waals surface area contributed by atoms with E-state index in [-0.39, 0.29) is 5.75 Å². The van der Waals surface area contributed by atoms with E-state index in [4.69, 9.17) is 20.2 Å². The molecular formula is C11H13ClO4S. The summed E-state index contributed by atoms with van der Waals surface area (Å²) >= 11 is 0. The largest absolute Gasteiger partial charge is 0.486 e. The first-order valence-electron chi connectivity index (χ1n) is 5.35. The van der Waals surface area contributed by atoms with Gasteiger partial charge in [0.25, 0.3) is 0 Å². The van der Waals surface area contributed by atoms with Gasteiger partial charge in [0.1, 0.15) is 13.2 Å². The van der Waals surface area contributed by atoms with Crippen LogP contribution in [0.4, 0.5) is 0 Å². The van der Waals surface area contributed by atoms with Crippen molar-refractivity contribution in [3.63, 3.8) is 0 Å². The summed E-state index contributed by atoms with van der Waals surface area (Å²) < 4.78 is 32.4. The van der Waals surface area contributed by atoms with Crippen LogP contribution in [0.1, 0.15) is 12.0 Å². The highest BCUT2D eigenvalue weighted by Gasteiger charge is 2.12. The standard InChI is InChI=1S/C11H13ClO4S/c12-17(13,14)7-1-2-9-3-4-10-11(8-9)16-6-5-15-10/h3-4,8H,1-2,5-7H2. The molecule has 0 saturated carbocycles. The third kappa shape index (κ3) is 3.78. The fourth-order valence-corrected chi connectivity index (χ4v) is 2.51. The molecule has 0 unspecified atom stereocenters. The van der Waals surface area contributed by atoms with Gasteiger partial charge in [0.05, 0.1) is 5.75 Å². The molecule has 0 atom stereocenters. The molecule has 1 aliphatic heterocycles. The van der Waals surface area contributed by atoms with E-state index in [9.17, 15) is 8.42 Å². The smallest absolute Gasteiger partial charge is 0.232 e. The molecule has 1 aromatic carbocycles. The fraction of sp³-hybridized carbons (Fsp3) is 0.455. The Kier molecular flexibility index (Phi) is 3.79. The van der Waals surface area contributed by atoms with E-state index in [1.165, 1.54) is 0 Å². The molecule has 0 radical (unpaired) electrons. The van der Waals surface area contributed by atoms with Gasteiger partial charge in [0.15, 0.2) is 11.5 Å². The Bertz CT molecular complexity index is 498. The molecule has 0 spiro atoms. The van der Waals surface area contributed by atoms with Crippen molar-refractivity contribution < 1.29 is 17.9 Å². The van der Waals surface area contributed by atoms with Gasteiger partial charge in [-0.25, -0.2) is 8.42 Å². The molecule has 94 valence electrons. The SMILES string of the molecule is O=S(=O)(Cl)CCCc1ccc2c(c1)OCCO2. The molecule has 0 aliphatic carbocycles. The Balaban J connectivity index is 1.98.